The first-order valence-electron chi connectivity index (χ1n) is 9.75. The van der Waals surface area contributed by atoms with Crippen LogP contribution in [0.1, 0.15) is 38.1 Å². The van der Waals surface area contributed by atoms with Crippen LogP contribution in [0.3, 0.4) is 0 Å². The van der Waals surface area contributed by atoms with Gasteiger partial charge in [0, 0.05) is 33.3 Å². The summed E-state index contributed by atoms with van der Waals surface area (Å²) in [6, 6.07) is 6.88. The molecule has 1 amide bonds. The smallest absolute Gasteiger partial charge is 0.305 e. The molecule has 32 heavy (non-hydrogen) atoms. The van der Waals surface area contributed by atoms with Crippen molar-refractivity contribution in [2.45, 2.75) is 58.3 Å². The van der Waals surface area contributed by atoms with Crippen LogP contribution in [0.2, 0.25) is 0 Å². The Hall–Kier alpha value is -3.47. The lowest BCUT2D eigenvalue weighted by Crippen LogP contribution is -2.67. The summed E-state index contributed by atoms with van der Waals surface area (Å²) in [6.07, 6.45) is -5.18. The van der Waals surface area contributed by atoms with Crippen LogP contribution < -0.4 is 5.32 Å². The van der Waals surface area contributed by atoms with Gasteiger partial charge in [-0.2, -0.15) is 0 Å². The number of carbonyl (C=O) groups is 5. The van der Waals surface area contributed by atoms with E-state index in [1.165, 1.54) is 6.92 Å². The maximum Gasteiger partial charge on any atom is 0.305 e. The van der Waals surface area contributed by atoms with Crippen molar-refractivity contribution in [2.24, 2.45) is 0 Å². The van der Waals surface area contributed by atoms with Crippen LogP contribution in [-0.4, -0.2) is 67.0 Å². The number of carbonyl (C=O) groups excluding carboxylic acids is 5. The van der Waals surface area contributed by atoms with Gasteiger partial charge in [-0.3, -0.25) is 24.0 Å². The van der Waals surface area contributed by atoms with Gasteiger partial charge in [-0.15, -0.1) is 0 Å². The normalized spacial score (nSPS) is 24.6. The summed E-state index contributed by atoms with van der Waals surface area (Å²) in [5.41, 5.74) is 0.279. The van der Waals surface area contributed by atoms with Crippen LogP contribution in [-0.2, 0) is 42.9 Å². The molecule has 11 heteroatoms. The first kappa shape index (κ1) is 24.8. The minimum Gasteiger partial charge on any atom is -0.463 e. The molecule has 1 aliphatic rings. The summed E-state index contributed by atoms with van der Waals surface area (Å²) in [6.45, 7) is 4.16. The van der Waals surface area contributed by atoms with Gasteiger partial charge in [-0.05, 0) is 12.1 Å². The van der Waals surface area contributed by atoms with E-state index in [2.05, 4.69) is 5.32 Å². The van der Waals surface area contributed by atoms with Gasteiger partial charge in [-0.25, -0.2) is 0 Å². The molecule has 0 aliphatic carbocycles. The largest absolute Gasteiger partial charge is 0.463 e. The van der Waals surface area contributed by atoms with E-state index in [0.29, 0.717) is 0 Å². The summed E-state index contributed by atoms with van der Waals surface area (Å²) >= 11 is 0. The SMILES string of the molecule is CC(=O)OC[C@@H]1O[C@H](OC(C)=O)[C@H](NC(=O)c2ccccc2)[C@@H](OC(C)=O)[C@@H]1OC(C)=O. The molecule has 1 aliphatic heterocycles. The molecule has 1 fully saturated rings. The van der Waals surface area contributed by atoms with E-state index in [0.717, 1.165) is 20.8 Å². The second-order valence-electron chi connectivity index (χ2n) is 6.97. The maximum absolute atomic E-state index is 12.8. The minimum atomic E-state index is -1.43. The fourth-order valence-electron chi connectivity index (χ4n) is 3.14. The van der Waals surface area contributed by atoms with E-state index in [9.17, 15) is 24.0 Å². The molecule has 11 nitrogen and oxygen atoms in total. The highest BCUT2D eigenvalue weighted by Gasteiger charge is 2.52. The molecule has 1 aromatic carbocycles. The van der Waals surface area contributed by atoms with E-state index >= 15 is 0 Å². The third-order valence-corrected chi connectivity index (χ3v) is 4.32. The summed E-state index contributed by atoms with van der Waals surface area (Å²) in [5.74, 6) is -3.44. The van der Waals surface area contributed by atoms with Gasteiger partial charge < -0.3 is 29.0 Å². The number of benzene rings is 1. The molecule has 2 rings (SSSR count). The van der Waals surface area contributed by atoms with Crippen LogP contribution in [0.4, 0.5) is 0 Å². The molecule has 0 aromatic heterocycles. The van der Waals surface area contributed by atoms with Gasteiger partial charge >= 0.3 is 23.9 Å². The second-order valence-corrected chi connectivity index (χ2v) is 6.97. The molecule has 0 radical (unpaired) electrons. The summed E-state index contributed by atoms with van der Waals surface area (Å²) in [4.78, 5) is 59.3. The number of hydrogen-bond donors (Lipinski definition) is 1. The average Bonchev–Trinajstić information content (AvgIpc) is 2.70. The summed E-state index contributed by atoms with van der Waals surface area (Å²) < 4.78 is 26.5. The molecular formula is C21H25NO10. The van der Waals surface area contributed by atoms with Crippen LogP contribution in [0.25, 0.3) is 0 Å². The van der Waals surface area contributed by atoms with Crippen LogP contribution >= 0.6 is 0 Å². The van der Waals surface area contributed by atoms with Crippen LogP contribution in [0, 0.1) is 0 Å². The van der Waals surface area contributed by atoms with Gasteiger partial charge in [0.05, 0.1) is 0 Å². The van der Waals surface area contributed by atoms with Crippen molar-refractivity contribution in [3.63, 3.8) is 0 Å². The summed E-state index contributed by atoms with van der Waals surface area (Å²) in [7, 11) is 0. The number of ether oxygens (including phenoxy) is 5. The Morgan fingerprint density at radius 1 is 0.812 bits per heavy atom. The average molecular weight is 451 g/mol. The van der Waals surface area contributed by atoms with E-state index in [-0.39, 0.29) is 12.2 Å². The second kappa shape index (κ2) is 11.2. The fraction of sp³-hybridized carbons (Fsp3) is 0.476. The zero-order valence-corrected chi connectivity index (χ0v) is 18.1. The van der Waals surface area contributed by atoms with Crippen LogP contribution in [0.5, 0.6) is 0 Å². The van der Waals surface area contributed by atoms with E-state index < -0.39 is 60.4 Å². The van der Waals surface area contributed by atoms with Crippen molar-refractivity contribution in [1.29, 1.82) is 0 Å². The van der Waals surface area contributed by atoms with Crippen molar-refractivity contribution >= 4 is 29.8 Å². The van der Waals surface area contributed by atoms with Gasteiger partial charge in [0.15, 0.2) is 12.2 Å². The Balaban J connectivity index is 2.44. The third kappa shape index (κ3) is 7.05. The Bertz CT molecular complexity index is 855. The highest BCUT2D eigenvalue weighted by molar-refractivity contribution is 5.94. The number of hydrogen-bond acceptors (Lipinski definition) is 10. The highest BCUT2D eigenvalue weighted by Crippen LogP contribution is 2.28. The van der Waals surface area contributed by atoms with Gasteiger partial charge in [0.1, 0.15) is 18.8 Å². The topological polar surface area (TPSA) is 144 Å². The lowest BCUT2D eigenvalue weighted by atomic mass is 9.95. The number of esters is 4. The molecule has 5 atom stereocenters. The molecule has 174 valence electrons. The molecule has 1 aromatic rings. The lowest BCUT2D eigenvalue weighted by molar-refractivity contribution is -0.270. The third-order valence-electron chi connectivity index (χ3n) is 4.32. The highest BCUT2D eigenvalue weighted by atomic mass is 16.7. The van der Waals surface area contributed by atoms with Crippen molar-refractivity contribution in [3.8, 4) is 0 Å². The predicted molar refractivity (Wildman–Crippen MR) is 106 cm³/mol. The zero-order chi connectivity index (χ0) is 23.8. The molecular weight excluding hydrogens is 426 g/mol. The van der Waals surface area contributed by atoms with Gasteiger partial charge in [0.25, 0.3) is 5.91 Å². The Morgan fingerprint density at radius 3 is 1.91 bits per heavy atom. The molecule has 0 bridgehead atoms. The predicted octanol–water partition coefficient (Wildman–Crippen LogP) is 0.500. The van der Waals surface area contributed by atoms with Crippen molar-refractivity contribution in [2.75, 3.05) is 6.61 Å². The fourth-order valence-corrected chi connectivity index (χ4v) is 3.14. The molecule has 1 heterocycles. The minimum absolute atomic E-state index is 0.279. The van der Waals surface area contributed by atoms with Crippen LogP contribution in [0.15, 0.2) is 30.3 Å². The molecule has 1 N–H and O–H groups in total. The Morgan fingerprint density at radius 2 is 1.38 bits per heavy atom. The standard InChI is InChI=1S/C21H25NO10/c1-11(23)28-10-16-18(29-12(2)24)19(30-13(3)25)17(21(32-16)31-14(4)26)22-20(27)15-8-6-5-7-9-15/h5-9,16-19,21H,10H2,1-4H3,(H,22,27)/t16-,17+,18+,19+,21-/m0/s1. The number of nitrogens with one attached hydrogen (secondary N) is 1. The number of amides is 1. The van der Waals surface area contributed by atoms with Crippen molar-refractivity contribution in [1.82, 2.24) is 5.32 Å². The van der Waals surface area contributed by atoms with E-state index in [1.807, 2.05) is 0 Å². The van der Waals surface area contributed by atoms with E-state index in [4.69, 9.17) is 23.7 Å². The first-order chi connectivity index (χ1) is 15.1. The molecule has 0 unspecified atom stereocenters. The summed E-state index contributed by atoms with van der Waals surface area (Å²) in [5, 5.41) is 2.62. The monoisotopic (exact) mass is 451 g/mol. The molecule has 0 spiro atoms. The number of rotatable bonds is 7. The van der Waals surface area contributed by atoms with E-state index in [1.54, 1.807) is 30.3 Å². The zero-order valence-electron chi connectivity index (χ0n) is 18.1. The van der Waals surface area contributed by atoms with Gasteiger partial charge in [-0.1, -0.05) is 18.2 Å². The lowest BCUT2D eigenvalue weighted by Gasteiger charge is -2.44. The quantitative estimate of drug-likeness (QED) is 0.460. The van der Waals surface area contributed by atoms with Crippen molar-refractivity contribution in [3.05, 3.63) is 35.9 Å². The van der Waals surface area contributed by atoms with Gasteiger partial charge in [0.2, 0.25) is 6.29 Å². The first-order valence-corrected chi connectivity index (χ1v) is 9.75. The molecule has 0 saturated carbocycles. The maximum atomic E-state index is 12.8. The molecule has 1 saturated heterocycles. The Labute approximate surface area is 184 Å². The van der Waals surface area contributed by atoms with Crippen molar-refractivity contribution < 1.29 is 47.7 Å². The Kier molecular flexibility index (Phi) is 8.71.